The molecule has 1 fully saturated rings. The van der Waals surface area contributed by atoms with E-state index in [1.54, 1.807) is 23.5 Å². The van der Waals surface area contributed by atoms with Crippen LogP contribution in [0.1, 0.15) is 82.4 Å². The lowest BCUT2D eigenvalue weighted by atomic mass is 9.93. The van der Waals surface area contributed by atoms with Gasteiger partial charge in [-0.25, -0.2) is 4.99 Å². The minimum Gasteiger partial charge on any atom is -0.488 e. The van der Waals surface area contributed by atoms with E-state index < -0.39 is 0 Å². The lowest BCUT2D eigenvalue weighted by Crippen LogP contribution is -2.36. The summed E-state index contributed by atoms with van der Waals surface area (Å²) in [6.07, 6.45) is 11.9. The predicted molar refractivity (Wildman–Crippen MR) is 144 cm³/mol. The fourth-order valence-electron chi connectivity index (χ4n) is 5.06. The zero-order valence-corrected chi connectivity index (χ0v) is 21.3. The number of nitrogens with zero attached hydrogens (tertiary/aromatic N) is 2. The summed E-state index contributed by atoms with van der Waals surface area (Å²) in [6.45, 7) is 0.402. The van der Waals surface area contributed by atoms with Crippen LogP contribution in [0.4, 0.5) is 5.00 Å². The Hall–Kier alpha value is -3.43. The first kappa shape index (κ1) is 24.3. The molecule has 2 aliphatic carbocycles. The molecule has 0 saturated heterocycles. The summed E-state index contributed by atoms with van der Waals surface area (Å²) in [5.41, 5.74) is 4.49. The van der Waals surface area contributed by atoms with Crippen LogP contribution < -0.4 is 10.1 Å². The van der Waals surface area contributed by atoms with Crippen LogP contribution in [0.3, 0.4) is 0 Å². The second-order valence-electron chi connectivity index (χ2n) is 9.59. The first-order valence-electron chi connectivity index (χ1n) is 12.9. The summed E-state index contributed by atoms with van der Waals surface area (Å²) in [7, 11) is 0. The SMILES string of the molecule is N#Cc1ccc(COc2ccccc2C=Nc2sc3c(c2C(=O)NC2CCCCC2)CCCC3)cc1. The topological polar surface area (TPSA) is 74.5 Å². The Morgan fingerprint density at radius 2 is 1.83 bits per heavy atom. The first-order valence-corrected chi connectivity index (χ1v) is 13.7. The second-order valence-corrected chi connectivity index (χ2v) is 10.7. The quantitative estimate of drug-likeness (QED) is 0.361. The zero-order valence-electron chi connectivity index (χ0n) is 20.5. The molecule has 184 valence electrons. The molecule has 0 spiro atoms. The van der Waals surface area contributed by atoms with Gasteiger partial charge >= 0.3 is 0 Å². The third kappa shape index (κ3) is 5.68. The number of rotatable bonds is 7. The molecular formula is C30H31N3O2S. The van der Waals surface area contributed by atoms with Crippen molar-refractivity contribution in [1.29, 1.82) is 5.26 Å². The van der Waals surface area contributed by atoms with Gasteiger partial charge in [-0.1, -0.05) is 43.5 Å². The van der Waals surface area contributed by atoms with Gasteiger partial charge in [0.05, 0.1) is 17.2 Å². The molecule has 5 nitrogen and oxygen atoms in total. The molecule has 0 radical (unpaired) electrons. The van der Waals surface area contributed by atoms with Crippen LogP contribution in [0.5, 0.6) is 5.75 Å². The molecular weight excluding hydrogens is 466 g/mol. The number of nitrogens with one attached hydrogen (secondary N) is 1. The van der Waals surface area contributed by atoms with Crippen LogP contribution in [0, 0.1) is 11.3 Å². The van der Waals surface area contributed by atoms with Crippen molar-refractivity contribution in [3.63, 3.8) is 0 Å². The maximum Gasteiger partial charge on any atom is 0.254 e. The number of fused-ring (bicyclic) bond motifs is 1. The van der Waals surface area contributed by atoms with Crippen LogP contribution in [0.25, 0.3) is 0 Å². The van der Waals surface area contributed by atoms with E-state index in [1.165, 1.54) is 36.1 Å². The van der Waals surface area contributed by atoms with Gasteiger partial charge < -0.3 is 10.1 Å². The smallest absolute Gasteiger partial charge is 0.254 e. The Kier molecular flexibility index (Phi) is 7.78. The number of hydrogen-bond donors (Lipinski definition) is 1. The summed E-state index contributed by atoms with van der Waals surface area (Å²) in [5.74, 6) is 0.777. The number of thiophene rings is 1. The molecule has 1 amide bonds. The van der Waals surface area contributed by atoms with E-state index in [-0.39, 0.29) is 11.9 Å². The standard InChI is InChI=1S/C30H31N3O2S/c31-18-21-14-16-22(17-15-21)20-35-26-12-6-4-8-23(26)19-32-30-28(25-11-5-7-13-27(25)36-30)29(34)33-24-9-2-1-3-10-24/h4,6,8,12,14-17,19,24H,1-3,5,7,9-11,13,20H2,(H,33,34). The summed E-state index contributed by atoms with van der Waals surface area (Å²) >= 11 is 1.67. The van der Waals surface area contributed by atoms with Gasteiger partial charge in [0.25, 0.3) is 5.91 Å². The number of carbonyl (C=O) groups is 1. The minimum atomic E-state index is 0.0406. The molecule has 6 heteroatoms. The average Bonchev–Trinajstić information content (AvgIpc) is 3.30. The predicted octanol–water partition coefficient (Wildman–Crippen LogP) is 6.89. The number of nitriles is 1. The van der Waals surface area contributed by atoms with Gasteiger partial charge in [0.15, 0.2) is 0 Å². The molecule has 0 aliphatic heterocycles. The normalized spacial score (nSPS) is 15.9. The second kappa shape index (κ2) is 11.5. The molecule has 1 saturated carbocycles. The molecule has 36 heavy (non-hydrogen) atoms. The van der Waals surface area contributed by atoms with Crippen LogP contribution in [0.2, 0.25) is 0 Å². The molecule has 5 rings (SSSR count). The average molecular weight is 498 g/mol. The number of carbonyl (C=O) groups excluding carboxylic acids is 1. The molecule has 1 N–H and O–H groups in total. The monoisotopic (exact) mass is 497 g/mol. The Bertz CT molecular complexity index is 1280. The summed E-state index contributed by atoms with van der Waals surface area (Å²) in [5, 5.41) is 13.1. The third-order valence-corrected chi connectivity index (χ3v) is 8.24. The Morgan fingerprint density at radius 3 is 2.64 bits per heavy atom. The number of aliphatic imine (C=N–C) groups is 1. The van der Waals surface area contributed by atoms with E-state index >= 15 is 0 Å². The maximum absolute atomic E-state index is 13.4. The fourth-order valence-corrected chi connectivity index (χ4v) is 6.29. The number of para-hydroxylation sites is 1. The van der Waals surface area contributed by atoms with Crippen molar-refractivity contribution in [3.05, 3.63) is 81.2 Å². The highest BCUT2D eigenvalue weighted by Crippen LogP contribution is 2.40. The fraction of sp³-hybridized carbons (Fsp3) is 0.367. The van der Waals surface area contributed by atoms with Crippen molar-refractivity contribution in [2.45, 2.75) is 70.4 Å². The minimum absolute atomic E-state index is 0.0406. The van der Waals surface area contributed by atoms with Crippen molar-refractivity contribution in [3.8, 4) is 11.8 Å². The van der Waals surface area contributed by atoms with Crippen LogP contribution >= 0.6 is 11.3 Å². The van der Waals surface area contributed by atoms with Crippen LogP contribution in [0.15, 0.2) is 53.5 Å². The van der Waals surface area contributed by atoms with E-state index in [2.05, 4.69) is 11.4 Å². The number of benzene rings is 2. The lowest BCUT2D eigenvalue weighted by Gasteiger charge is -2.23. The van der Waals surface area contributed by atoms with Gasteiger partial charge in [-0.3, -0.25) is 4.79 Å². The molecule has 3 aromatic rings. The number of aryl methyl sites for hydroxylation is 1. The molecule has 0 bridgehead atoms. The van der Waals surface area contributed by atoms with Crippen molar-refractivity contribution in [2.75, 3.05) is 0 Å². The summed E-state index contributed by atoms with van der Waals surface area (Å²) in [6, 6.07) is 17.6. The molecule has 1 heterocycles. The van der Waals surface area contributed by atoms with E-state index in [0.29, 0.717) is 12.2 Å². The maximum atomic E-state index is 13.4. The van der Waals surface area contributed by atoms with Crippen molar-refractivity contribution in [2.24, 2.45) is 4.99 Å². The molecule has 0 atom stereocenters. The van der Waals surface area contributed by atoms with Gasteiger partial charge in [0, 0.05) is 22.7 Å². The summed E-state index contributed by atoms with van der Waals surface area (Å²) in [4.78, 5) is 19.6. The van der Waals surface area contributed by atoms with E-state index in [0.717, 1.165) is 59.5 Å². The van der Waals surface area contributed by atoms with Crippen LogP contribution in [-0.2, 0) is 19.4 Å². The molecule has 2 aromatic carbocycles. The lowest BCUT2D eigenvalue weighted by molar-refractivity contribution is 0.0927. The Morgan fingerprint density at radius 1 is 1.06 bits per heavy atom. The van der Waals surface area contributed by atoms with Crippen LogP contribution in [-0.4, -0.2) is 18.2 Å². The Balaban J connectivity index is 1.36. The number of hydrogen-bond acceptors (Lipinski definition) is 5. The number of ether oxygens (including phenoxy) is 1. The third-order valence-electron chi connectivity index (χ3n) is 7.04. The van der Waals surface area contributed by atoms with E-state index in [9.17, 15) is 4.79 Å². The highest BCUT2D eigenvalue weighted by Gasteiger charge is 2.27. The van der Waals surface area contributed by atoms with Gasteiger partial charge in [-0.15, -0.1) is 11.3 Å². The zero-order chi connectivity index (χ0) is 24.7. The highest BCUT2D eigenvalue weighted by molar-refractivity contribution is 7.16. The van der Waals surface area contributed by atoms with Gasteiger partial charge in [-0.05, 0) is 73.9 Å². The molecule has 1 aromatic heterocycles. The Labute approximate surface area is 216 Å². The van der Waals surface area contributed by atoms with Crippen molar-refractivity contribution in [1.82, 2.24) is 5.32 Å². The van der Waals surface area contributed by atoms with E-state index in [1.807, 2.05) is 42.6 Å². The first-order chi connectivity index (χ1) is 17.7. The molecule has 2 aliphatic rings. The van der Waals surface area contributed by atoms with Crippen molar-refractivity contribution >= 4 is 28.5 Å². The van der Waals surface area contributed by atoms with Gasteiger partial charge in [-0.2, -0.15) is 5.26 Å². The van der Waals surface area contributed by atoms with Gasteiger partial charge in [0.1, 0.15) is 17.4 Å². The van der Waals surface area contributed by atoms with E-state index in [4.69, 9.17) is 15.0 Å². The molecule has 0 unspecified atom stereocenters. The number of amides is 1. The largest absolute Gasteiger partial charge is 0.488 e. The highest BCUT2D eigenvalue weighted by atomic mass is 32.1. The van der Waals surface area contributed by atoms with Crippen molar-refractivity contribution < 1.29 is 9.53 Å². The van der Waals surface area contributed by atoms with Gasteiger partial charge in [0.2, 0.25) is 0 Å². The summed E-state index contributed by atoms with van der Waals surface area (Å²) < 4.78 is 6.09.